The van der Waals surface area contributed by atoms with Gasteiger partial charge in [-0.3, -0.25) is 4.79 Å². The number of carbonyl (C=O) groups excluding carboxylic acids is 1. The van der Waals surface area contributed by atoms with Crippen molar-refractivity contribution in [3.63, 3.8) is 0 Å². The average molecular weight is 471 g/mol. The Morgan fingerprint density at radius 3 is 2.09 bits per heavy atom. The van der Waals surface area contributed by atoms with Gasteiger partial charge in [-0.1, -0.05) is 29.8 Å². The molecule has 1 aliphatic heterocycles. The number of methoxy groups -OCH3 is 1. The Labute approximate surface area is 197 Å². The van der Waals surface area contributed by atoms with Crippen LogP contribution in [0, 0.1) is 32.6 Å². The molecular weight excluding hydrogens is 436 g/mol. The Hall–Kier alpha value is -2.38. The van der Waals surface area contributed by atoms with Gasteiger partial charge in [0.2, 0.25) is 15.9 Å². The molecule has 2 aromatic rings. The number of aryl methyl sites for hydroxylation is 3. The average Bonchev–Trinajstić information content (AvgIpc) is 3.62. The second kappa shape index (κ2) is 9.47. The van der Waals surface area contributed by atoms with Crippen molar-refractivity contribution >= 4 is 15.9 Å². The molecule has 1 unspecified atom stereocenters. The Morgan fingerprint density at radius 1 is 1.00 bits per heavy atom. The van der Waals surface area contributed by atoms with Gasteiger partial charge in [-0.15, -0.1) is 0 Å². The summed E-state index contributed by atoms with van der Waals surface area (Å²) < 4.78 is 33.5. The lowest BCUT2D eigenvalue weighted by molar-refractivity contribution is -0.127. The number of nitrogens with one attached hydrogen (secondary N) is 1. The molecule has 2 aromatic carbocycles. The third-order valence-corrected chi connectivity index (χ3v) is 9.10. The number of amides is 1. The Bertz CT molecular complexity index is 1090. The maximum atomic E-state index is 13.3. The van der Waals surface area contributed by atoms with Crippen molar-refractivity contribution in [3.8, 4) is 5.75 Å². The minimum absolute atomic E-state index is 0.00280. The second-order valence-electron chi connectivity index (χ2n) is 9.50. The maximum Gasteiger partial charge on any atom is 0.243 e. The van der Waals surface area contributed by atoms with E-state index in [9.17, 15) is 13.2 Å². The molecule has 2 fully saturated rings. The number of rotatable bonds is 7. The summed E-state index contributed by atoms with van der Waals surface area (Å²) in [5, 5.41) is 3.26. The van der Waals surface area contributed by atoms with Crippen molar-refractivity contribution in [2.24, 2.45) is 11.8 Å². The van der Waals surface area contributed by atoms with E-state index in [2.05, 4.69) is 5.32 Å². The van der Waals surface area contributed by atoms with Gasteiger partial charge >= 0.3 is 0 Å². The number of piperidine rings is 1. The van der Waals surface area contributed by atoms with E-state index in [4.69, 9.17) is 4.74 Å². The van der Waals surface area contributed by atoms with Gasteiger partial charge in [-0.05, 0) is 81.2 Å². The van der Waals surface area contributed by atoms with Gasteiger partial charge in [0.15, 0.2) is 0 Å². The standard InChI is InChI=1S/C26H34N2O4S/c1-17-15-18(2)25(19(3)16-17)33(30,31)28-13-11-22(12-14-28)26(29)27-24(20-5-6-20)21-7-9-23(32-4)10-8-21/h7-10,15-16,20,22,24H,5-6,11-14H2,1-4H3,(H,27,29). The van der Waals surface area contributed by atoms with E-state index < -0.39 is 10.0 Å². The molecule has 1 saturated heterocycles. The molecule has 1 amide bonds. The van der Waals surface area contributed by atoms with Crippen molar-refractivity contribution in [3.05, 3.63) is 58.7 Å². The van der Waals surface area contributed by atoms with E-state index in [0.29, 0.717) is 36.7 Å². The van der Waals surface area contributed by atoms with Crippen LogP contribution in [0.15, 0.2) is 41.3 Å². The summed E-state index contributed by atoms with van der Waals surface area (Å²) in [7, 11) is -1.93. The van der Waals surface area contributed by atoms with Crippen LogP contribution in [0.2, 0.25) is 0 Å². The van der Waals surface area contributed by atoms with Crippen molar-refractivity contribution < 1.29 is 17.9 Å². The molecule has 1 N–H and O–H groups in total. The Morgan fingerprint density at radius 2 is 1.58 bits per heavy atom. The van der Waals surface area contributed by atoms with E-state index in [1.54, 1.807) is 11.4 Å². The molecular formula is C26H34N2O4S. The molecule has 2 aliphatic rings. The zero-order valence-electron chi connectivity index (χ0n) is 19.9. The first-order valence-electron chi connectivity index (χ1n) is 11.7. The van der Waals surface area contributed by atoms with Crippen LogP contribution >= 0.6 is 0 Å². The summed E-state index contributed by atoms with van der Waals surface area (Å²) in [5.74, 6) is 1.13. The molecule has 0 aromatic heterocycles. The number of carbonyl (C=O) groups is 1. The third-order valence-electron chi connectivity index (χ3n) is 6.89. The van der Waals surface area contributed by atoms with Gasteiger partial charge < -0.3 is 10.1 Å². The predicted octanol–water partition coefficient (Wildman–Crippen LogP) is 4.29. The molecule has 1 atom stereocenters. The molecule has 0 bridgehead atoms. The SMILES string of the molecule is COc1ccc(C(NC(=O)C2CCN(S(=O)(=O)c3c(C)cc(C)cc3C)CC2)C2CC2)cc1. The van der Waals surface area contributed by atoms with Crippen LogP contribution in [0.1, 0.15) is 54.0 Å². The van der Waals surface area contributed by atoms with Crippen LogP contribution in [0.25, 0.3) is 0 Å². The molecule has 6 nitrogen and oxygen atoms in total. The molecule has 7 heteroatoms. The lowest BCUT2D eigenvalue weighted by Gasteiger charge is -2.32. The second-order valence-corrected chi connectivity index (χ2v) is 11.4. The zero-order valence-corrected chi connectivity index (χ0v) is 20.7. The van der Waals surface area contributed by atoms with E-state index in [0.717, 1.165) is 40.8 Å². The molecule has 4 rings (SSSR count). The van der Waals surface area contributed by atoms with Crippen molar-refractivity contribution in [2.75, 3.05) is 20.2 Å². The molecule has 33 heavy (non-hydrogen) atoms. The summed E-state index contributed by atoms with van der Waals surface area (Å²) in [6.07, 6.45) is 3.30. The van der Waals surface area contributed by atoms with Crippen LogP contribution in [0.4, 0.5) is 0 Å². The van der Waals surface area contributed by atoms with Crippen LogP contribution in [0.3, 0.4) is 0 Å². The molecule has 0 spiro atoms. The fraction of sp³-hybridized carbons (Fsp3) is 0.500. The third kappa shape index (κ3) is 5.09. The number of benzene rings is 2. The lowest BCUT2D eigenvalue weighted by atomic mass is 9.95. The highest BCUT2D eigenvalue weighted by atomic mass is 32.2. The topological polar surface area (TPSA) is 75.7 Å². The van der Waals surface area contributed by atoms with Crippen LogP contribution in [0.5, 0.6) is 5.75 Å². The number of ether oxygens (including phenoxy) is 1. The first kappa shape index (κ1) is 23.8. The summed E-state index contributed by atoms with van der Waals surface area (Å²) in [6.45, 7) is 6.41. The van der Waals surface area contributed by atoms with Gasteiger partial charge in [0, 0.05) is 19.0 Å². The number of hydrogen-bond donors (Lipinski definition) is 1. The molecule has 178 valence electrons. The normalized spacial score (nSPS) is 18.7. The summed E-state index contributed by atoms with van der Waals surface area (Å²) >= 11 is 0. The van der Waals surface area contributed by atoms with Crippen LogP contribution < -0.4 is 10.1 Å². The Kier molecular flexibility index (Phi) is 6.82. The fourth-order valence-electron chi connectivity index (χ4n) is 5.05. The van der Waals surface area contributed by atoms with Crippen LogP contribution in [-0.4, -0.2) is 38.8 Å². The van der Waals surface area contributed by atoms with Gasteiger partial charge in [-0.2, -0.15) is 4.31 Å². The summed E-state index contributed by atoms with van der Waals surface area (Å²) in [6, 6.07) is 11.7. The van der Waals surface area contributed by atoms with E-state index >= 15 is 0 Å². The van der Waals surface area contributed by atoms with Crippen molar-refractivity contribution in [1.29, 1.82) is 0 Å². The monoisotopic (exact) mass is 470 g/mol. The molecule has 1 saturated carbocycles. The molecule has 1 heterocycles. The van der Waals surface area contributed by atoms with Crippen molar-refractivity contribution in [1.82, 2.24) is 9.62 Å². The maximum absolute atomic E-state index is 13.3. The molecule has 0 radical (unpaired) electrons. The first-order valence-corrected chi connectivity index (χ1v) is 13.2. The van der Waals surface area contributed by atoms with Gasteiger partial charge in [0.1, 0.15) is 5.75 Å². The van der Waals surface area contributed by atoms with Gasteiger partial charge in [0.05, 0.1) is 18.0 Å². The minimum atomic E-state index is -3.58. The van der Waals surface area contributed by atoms with Crippen molar-refractivity contribution in [2.45, 2.75) is 57.4 Å². The number of sulfonamides is 1. The van der Waals surface area contributed by atoms with Gasteiger partial charge in [-0.25, -0.2) is 8.42 Å². The minimum Gasteiger partial charge on any atom is -0.497 e. The van der Waals surface area contributed by atoms with E-state index in [1.165, 1.54) is 0 Å². The summed E-state index contributed by atoms with van der Waals surface area (Å²) in [4.78, 5) is 13.5. The molecule has 1 aliphatic carbocycles. The lowest BCUT2D eigenvalue weighted by Crippen LogP contribution is -2.44. The van der Waals surface area contributed by atoms with Crippen LogP contribution in [-0.2, 0) is 14.8 Å². The highest BCUT2D eigenvalue weighted by Crippen LogP contribution is 2.41. The predicted molar refractivity (Wildman–Crippen MR) is 129 cm³/mol. The largest absolute Gasteiger partial charge is 0.497 e. The number of hydrogen-bond acceptors (Lipinski definition) is 4. The summed E-state index contributed by atoms with van der Waals surface area (Å²) in [5.41, 5.74) is 3.71. The van der Waals surface area contributed by atoms with E-state index in [1.807, 2.05) is 57.2 Å². The fourth-order valence-corrected chi connectivity index (χ4v) is 6.93. The quantitative estimate of drug-likeness (QED) is 0.655. The Balaban J connectivity index is 1.41. The first-order chi connectivity index (χ1) is 15.7. The highest BCUT2D eigenvalue weighted by Gasteiger charge is 2.37. The smallest absolute Gasteiger partial charge is 0.243 e. The zero-order chi connectivity index (χ0) is 23.8. The van der Waals surface area contributed by atoms with E-state index in [-0.39, 0.29) is 17.9 Å². The number of nitrogens with zero attached hydrogens (tertiary/aromatic N) is 1. The van der Waals surface area contributed by atoms with Gasteiger partial charge in [0.25, 0.3) is 0 Å². The highest BCUT2D eigenvalue weighted by molar-refractivity contribution is 7.89.